The molecule has 1 aromatic heterocycles. The van der Waals surface area contributed by atoms with Crippen LogP contribution in [0.1, 0.15) is 21.5 Å². The summed E-state index contributed by atoms with van der Waals surface area (Å²) >= 11 is 0. The Kier molecular flexibility index (Phi) is 10.3. The van der Waals surface area contributed by atoms with Crippen molar-refractivity contribution in [2.45, 2.75) is 13.1 Å². The molecule has 14 heteroatoms. The number of nitrogens with zero attached hydrogens (tertiary/aromatic N) is 3. The SMILES string of the molecule is Cc1ccc(NC(=O)c2cccc(C(F)(F)F)c2)cc1NC(=O)Nc1cc(Nc2cccc(OCCN3CCOCC3)c2)ncn1. The third-order valence-electron chi connectivity index (χ3n) is 6.99. The van der Waals surface area contributed by atoms with Crippen LogP contribution in [0.15, 0.2) is 79.1 Å². The topological polar surface area (TPSA) is 130 Å². The molecule has 2 heterocycles. The number of carbonyl (C=O) groups excluding carboxylic acids is 2. The van der Waals surface area contributed by atoms with Crippen molar-refractivity contribution in [3.05, 3.63) is 95.8 Å². The Morgan fingerprint density at radius 2 is 1.67 bits per heavy atom. The van der Waals surface area contributed by atoms with Gasteiger partial charge in [0.15, 0.2) is 0 Å². The third-order valence-corrected chi connectivity index (χ3v) is 6.99. The molecule has 3 aromatic carbocycles. The molecule has 0 unspecified atom stereocenters. The van der Waals surface area contributed by atoms with Gasteiger partial charge in [-0.25, -0.2) is 14.8 Å². The summed E-state index contributed by atoms with van der Waals surface area (Å²) in [5.41, 5.74) is 0.992. The molecule has 1 aliphatic rings. The van der Waals surface area contributed by atoms with Crippen LogP contribution < -0.4 is 26.0 Å². The molecule has 0 aliphatic carbocycles. The molecule has 240 valence electrons. The second-order valence-electron chi connectivity index (χ2n) is 10.4. The quantitative estimate of drug-likeness (QED) is 0.163. The highest BCUT2D eigenvalue weighted by Crippen LogP contribution is 2.30. The monoisotopic (exact) mass is 635 g/mol. The Labute approximate surface area is 263 Å². The molecular weight excluding hydrogens is 603 g/mol. The number of morpholine rings is 1. The minimum absolute atomic E-state index is 0.154. The first kappa shape index (κ1) is 32.2. The Balaban J connectivity index is 1.16. The Hall–Kier alpha value is -5.21. The highest BCUT2D eigenvalue weighted by atomic mass is 19.4. The van der Waals surface area contributed by atoms with Gasteiger partial charge in [0, 0.05) is 54.4 Å². The fourth-order valence-corrected chi connectivity index (χ4v) is 4.57. The van der Waals surface area contributed by atoms with Gasteiger partial charge in [0.1, 0.15) is 30.3 Å². The van der Waals surface area contributed by atoms with Gasteiger partial charge in [-0.2, -0.15) is 13.2 Å². The minimum Gasteiger partial charge on any atom is -0.492 e. The third kappa shape index (κ3) is 9.15. The zero-order chi connectivity index (χ0) is 32.5. The van der Waals surface area contributed by atoms with Crippen LogP contribution >= 0.6 is 0 Å². The van der Waals surface area contributed by atoms with Gasteiger partial charge in [-0.1, -0.05) is 18.2 Å². The lowest BCUT2D eigenvalue weighted by Gasteiger charge is -2.26. The van der Waals surface area contributed by atoms with Gasteiger partial charge in [0.25, 0.3) is 5.91 Å². The van der Waals surface area contributed by atoms with E-state index in [2.05, 4.69) is 36.1 Å². The average molecular weight is 636 g/mol. The first-order valence-electron chi connectivity index (χ1n) is 14.4. The molecule has 0 atom stereocenters. The number of ether oxygens (including phenoxy) is 2. The van der Waals surface area contributed by atoms with E-state index in [1.807, 2.05) is 24.3 Å². The predicted octanol–water partition coefficient (Wildman–Crippen LogP) is 6.15. The first-order chi connectivity index (χ1) is 22.1. The van der Waals surface area contributed by atoms with Gasteiger partial charge in [0.2, 0.25) is 0 Å². The van der Waals surface area contributed by atoms with Crippen LogP contribution in [0.3, 0.4) is 0 Å². The maximum atomic E-state index is 13.1. The molecule has 1 fully saturated rings. The predicted molar refractivity (Wildman–Crippen MR) is 168 cm³/mol. The Bertz CT molecular complexity index is 1680. The first-order valence-corrected chi connectivity index (χ1v) is 14.4. The van der Waals surface area contributed by atoms with E-state index in [0.717, 1.165) is 50.7 Å². The summed E-state index contributed by atoms with van der Waals surface area (Å²) in [6.45, 7) is 6.36. The van der Waals surface area contributed by atoms with Gasteiger partial charge in [-0.15, -0.1) is 0 Å². The van der Waals surface area contributed by atoms with E-state index >= 15 is 0 Å². The second kappa shape index (κ2) is 14.7. The molecule has 0 radical (unpaired) electrons. The molecule has 46 heavy (non-hydrogen) atoms. The zero-order valence-electron chi connectivity index (χ0n) is 24.9. The van der Waals surface area contributed by atoms with E-state index in [1.54, 1.807) is 25.1 Å². The maximum Gasteiger partial charge on any atom is 0.416 e. The molecule has 4 N–H and O–H groups in total. The average Bonchev–Trinajstić information content (AvgIpc) is 3.03. The molecule has 0 bridgehead atoms. The number of amides is 3. The Morgan fingerprint density at radius 1 is 0.891 bits per heavy atom. The number of anilines is 5. The molecular formula is C32H32F3N7O4. The number of aromatic nitrogens is 2. The number of carbonyl (C=O) groups is 2. The summed E-state index contributed by atoms with van der Waals surface area (Å²) in [6, 6.07) is 17.3. The van der Waals surface area contributed by atoms with Crippen molar-refractivity contribution < 1.29 is 32.2 Å². The van der Waals surface area contributed by atoms with Crippen molar-refractivity contribution in [3.63, 3.8) is 0 Å². The fraction of sp³-hybridized carbons (Fsp3) is 0.250. The lowest BCUT2D eigenvalue weighted by atomic mass is 10.1. The van der Waals surface area contributed by atoms with Gasteiger partial charge in [-0.3, -0.25) is 15.0 Å². The van der Waals surface area contributed by atoms with Crippen molar-refractivity contribution in [3.8, 4) is 5.75 Å². The van der Waals surface area contributed by atoms with Crippen LogP contribution in [-0.2, 0) is 10.9 Å². The number of hydrogen-bond donors (Lipinski definition) is 4. The van der Waals surface area contributed by atoms with Crippen molar-refractivity contribution in [1.29, 1.82) is 0 Å². The summed E-state index contributed by atoms with van der Waals surface area (Å²) in [5.74, 6) is 0.635. The number of aryl methyl sites for hydroxylation is 1. The van der Waals surface area contributed by atoms with Crippen molar-refractivity contribution in [2.75, 3.05) is 60.7 Å². The number of benzene rings is 3. The van der Waals surface area contributed by atoms with E-state index in [0.29, 0.717) is 29.4 Å². The summed E-state index contributed by atoms with van der Waals surface area (Å²) < 4.78 is 50.5. The van der Waals surface area contributed by atoms with Crippen LogP contribution in [0.25, 0.3) is 0 Å². The van der Waals surface area contributed by atoms with Gasteiger partial charge < -0.3 is 25.4 Å². The van der Waals surface area contributed by atoms with E-state index in [1.165, 1.54) is 24.5 Å². The summed E-state index contributed by atoms with van der Waals surface area (Å²) in [6.07, 6.45) is -3.27. The number of alkyl halides is 3. The molecule has 0 saturated carbocycles. The van der Waals surface area contributed by atoms with E-state index in [4.69, 9.17) is 9.47 Å². The molecule has 0 spiro atoms. The molecule has 1 saturated heterocycles. The molecule has 1 aliphatic heterocycles. The number of rotatable bonds is 10. The minimum atomic E-state index is -4.58. The van der Waals surface area contributed by atoms with E-state index < -0.39 is 23.7 Å². The molecule has 3 amide bonds. The van der Waals surface area contributed by atoms with Gasteiger partial charge in [0.05, 0.1) is 18.8 Å². The summed E-state index contributed by atoms with van der Waals surface area (Å²) in [5, 5.41) is 11.1. The van der Waals surface area contributed by atoms with Crippen molar-refractivity contribution in [2.24, 2.45) is 0 Å². The number of urea groups is 1. The van der Waals surface area contributed by atoms with Gasteiger partial charge in [-0.05, 0) is 55.0 Å². The van der Waals surface area contributed by atoms with Crippen molar-refractivity contribution >= 4 is 40.6 Å². The summed E-state index contributed by atoms with van der Waals surface area (Å²) in [7, 11) is 0. The fourth-order valence-electron chi connectivity index (χ4n) is 4.57. The smallest absolute Gasteiger partial charge is 0.416 e. The van der Waals surface area contributed by atoms with Crippen LogP contribution in [0.5, 0.6) is 5.75 Å². The van der Waals surface area contributed by atoms with Crippen LogP contribution in [0, 0.1) is 6.92 Å². The highest BCUT2D eigenvalue weighted by molar-refractivity contribution is 6.05. The van der Waals surface area contributed by atoms with Crippen molar-refractivity contribution in [1.82, 2.24) is 14.9 Å². The number of halogens is 3. The van der Waals surface area contributed by atoms with E-state index in [9.17, 15) is 22.8 Å². The maximum absolute atomic E-state index is 13.1. The standard InChI is InChI=1S/C32H32F3N7O4/c1-21-8-9-25(39-30(43)22-4-2-5-23(16-22)32(33,34)35)18-27(21)40-31(44)41-29-19-28(36-20-37-29)38-24-6-3-7-26(17-24)46-15-12-42-10-13-45-14-11-42/h2-9,16-20H,10-15H2,1H3,(H,39,43)(H3,36,37,38,40,41,44). The second-order valence-corrected chi connectivity index (χ2v) is 10.4. The van der Waals surface area contributed by atoms with Gasteiger partial charge >= 0.3 is 12.2 Å². The Morgan fingerprint density at radius 3 is 2.48 bits per heavy atom. The summed E-state index contributed by atoms with van der Waals surface area (Å²) in [4.78, 5) is 36.1. The normalized spacial score (nSPS) is 13.5. The van der Waals surface area contributed by atoms with Crippen LogP contribution in [-0.4, -0.2) is 66.3 Å². The molecule has 4 aromatic rings. The number of nitrogens with one attached hydrogen (secondary N) is 4. The lowest BCUT2D eigenvalue weighted by molar-refractivity contribution is -0.137. The lowest BCUT2D eigenvalue weighted by Crippen LogP contribution is -2.38. The molecule has 5 rings (SSSR count). The molecule has 11 nitrogen and oxygen atoms in total. The number of hydrogen-bond acceptors (Lipinski definition) is 8. The van der Waals surface area contributed by atoms with Crippen LogP contribution in [0.2, 0.25) is 0 Å². The highest BCUT2D eigenvalue weighted by Gasteiger charge is 2.31. The zero-order valence-corrected chi connectivity index (χ0v) is 24.9. The van der Waals surface area contributed by atoms with E-state index in [-0.39, 0.29) is 17.1 Å². The largest absolute Gasteiger partial charge is 0.492 e. The van der Waals surface area contributed by atoms with Crippen LogP contribution in [0.4, 0.5) is 46.7 Å².